The van der Waals surface area contributed by atoms with Crippen LogP contribution >= 0.6 is 32.2 Å². The zero-order valence-electron chi connectivity index (χ0n) is 9.35. The summed E-state index contributed by atoms with van der Waals surface area (Å²) in [7, 11) is 0. The molecule has 0 amide bonds. The first kappa shape index (κ1) is 13.3. The summed E-state index contributed by atoms with van der Waals surface area (Å²) in [5, 5.41) is 0. The Morgan fingerprint density at radius 2 is 1.28 bits per heavy atom. The van der Waals surface area contributed by atoms with E-state index in [-0.39, 0.29) is 0 Å². The third-order valence-electron chi connectivity index (χ3n) is 2.69. The molecule has 0 bridgehead atoms. The molecule has 0 atom stereocenters. The van der Waals surface area contributed by atoms with E-state index in [2.05, 4.69) is 32.2 Å². The summed E-state index contributed by atoms with van der Waals surface area (Å²) in [5.41, 5.74) is 1.64. The van der Waals surface area contributed by atoms with E-state index >= 15 is 0 Å². The van der Waals surface area contributed by atoms with Gasteiger partial charge in [0, 0.05) is 0 Å². The smallest absolute Gasteiger partial charge is 0.343 e. The van der Waals surface area contributed by atoms with Gasteiger partial charge in [0.05, 0.1) is 0 Å². The van der Waals surface area contributed by atoms with Gasteiger partial charge in [0.25, 0.3) is 0 Å². The van der Waals surface area contributed by atoms with Gasteiger partial charge in [-0.3, -0.25) is 0 Å². The fourth-order valence-electron chi connectivity index (χ4n) is 1.79. The number of halogens is 2. The average Bonchev–Trinajstić information content (AvgIpc) is 2.47. The van der Waals surface area contributed by atoms with E-state index in [9.17, 15) is 4.79 Å². The number of alkyl halides is 1. The van der Waals surface area contributed by atoms with Gasteiger partial charge < -0.3 is 3.83 Å². The van der Waals surface area contributed by atoms with Gasteiger partial charge in [0.15, 0.2) is 20.6 Å². The lowest BCUT2D eigenvalue weighted by atomic mass is 9.91. The van der Waals surface area contributed by atoms with Gasteiger partial charge >= 0.3 is 5.97 Å². The van der Waals surface area contributed by atoms with Gasteiger partial charge in [0.1, 0.15) is 0 Å². The van der Waals surface area contributed by atoms with Crippen molar-refractivity contribution in [1.29, 1.82) is 0 Å². The highest BCUT2D eigenvalue weighted by molar-refractivity contribution is 9.10. The van der Waals surface area contributed by atoms with E-state index < -0.39 is 10.3 Å². The molecule has 2 rings (SSSR count). The van der Waals surface area contributed by atoms with Crippen LogP contribution in [0.25, 0.3) is 0 Å². The first-order valence-electron chi connectivity index (χ1n) is 5.32. The molecular weight excluding hydrogens is 360 g/mol. The van der Waals surface area contributed by atoms with Crippen molar-refractivity contribution in [3.63, 3.8) is 0 Å². The molecule has 0 saturated heterocycles. The van der Waals surface area contributed by atoms with Gasteiger partial charge in [-0.1, -0.05) is 76.6 Å². The summed E-state index contributed by atoms with van der Waals surface area (Å²) in [6, 6.07) is 18.9. The Morgan fingerprint density at radius 3 is 1.61 bits per heavy atom. The van der Waals surface area contributed by atoms with Crippen LogP contribution in [0.15, 0.2) is 60.7 Å². The minimum Gasteiger partial charge on any atom is -0.382 e. The number of carbonyl (C=O) groups is 1. The van der Waals surface area contributed by atoms with Crippen molar-refractivity contribution < 1.29 is 8.62 Å². The third kappa shape index (κ3) is 2.35. The summed E-state index contributed by atoms with van der Waals surface area (Å²) in [6.45, 7) is 0. The van der Waals surface area contributed by atoms with Crippen LogP contribution in [0.4, 0.5) is 0 Å². The predicted molar refractivity (Wildman–Crippen MR) is 77.6 cm³/mol. The highest BCUT2D eigenvalue weighted by Gasteiger charge is 2.41. The van der Waals surface area contributed by atoms with Gasteiger partial charge in [-0.15, -0.1) is 0 Å². The third-order valence-corrected chi connectivity index (χ3v) is 4.23. The molecule has 0 aliphatic rings. The van der Waals surface area contributed by atoms with E-state index in [0.717, 1.165) is 11.1 Å². The maximum atomic E-state index is 12.1. The number of benzene rings is 2. The Labute approximate surface area is 123 Å². The number of carbonyl (C=O) groups excluding carboxylic acids is 1. The molecule has 0 unspecified atom stereocenters. The van der Waals surface area contributed by atoms with E-state index in [0.29, 0.717) is 0 Å². The van der Waals surface area contributed by atoms with Crippen molar-refractivity contribution >= 4 is 38.2 Å². The topological polar surface area (TPSA) is 26.3 Å². The number of hydrogen-bond acceptors (Lipinski definition) is 2. The first-order valence-corrected chi connectivity index (χ1v) is 6.76. The highest BCUT2D eigenvalue weighted by atomic mass is 79.9. The second-order valence-corrected chi connectivity index (χ2v) is 5.27. The quantitative estimate of drug-likeness (QED) is 0.758. The van der Waals surface area contributed by atoms with Crippen LogP contribution in [-0.2, 0) is 12.9 Å². The van der Waals surface area contributed by atoms with Crippen LogP contribution in [0.2, 0.25) is 0 Å². The SMILES string of the molecule is O=C(OBr)C(Br)(c1ccccc1)c1ccccc1. The molecule has 0 saturated carbocycles. The van der Waals surface area contributed by atoms with Crippen molar-refractivity contribution in [1.82, 2.24) is 0 Å². The minimum atomic E-state index is -1.00. The molecule has 18 heavy (non-hydrogen) atoms. The standard InChI is InChI=1S/C14H10Br2O2/c15-14(13(17)18-16,11-7-3-1-4-8-11)12-9-5-2-6-10-12/h1-10H. The van der Waals surface area contributed by atoms with Crippen LogP contribution in [-0.4, -0.2) is 5.97 Å². The summed E-state index contributed by atoms with van der Waals surface area (Å²) >= 11 is 6.29. The Hall–Kier alpha value is -1.13. The maximum absolute atomic E-state index is 12.1. The molecule has 0 spiro atoms. The molecular formula is C14H10Br2O2. The summed E-state index contributed by atoms with van der Waals surface area (Å²) < 4.78 is 3.75. The molecule has 92 valence electrons. The lowest BCUT2D eigenvalue weighted by Crippen LogP contribution is -2.30. The average molecular weight is 370 g/mol. The molecule has 2 aromatic carbocycles. The van der Waals surface area contributed by atoms with Gasteiger partial charge in [-0.05, 0) is 11.1 Å². The molecule has 2 nitrogen and oxygen atoms in total. The van der Waals surface area contributed by atoms with Crippen molar-refractivity contribution in [3.05, 3.63) is 71.8 Å². The van der Waals surface area contributed by atoms with Crippen LogP contribution in [0.1, 0.15) is 11.1 Å². The largest absolute Gasteiger partial charge is 0.382 e. The van der Waals surface area contributed by atoms with Gasteiger partial charge in [0.2, 0.25) is 0 Å². The minimum absolute atomic E-state index is 0.417. The molecule has 2 aromatic rings. The second kappa shape index (κ2) is 5.67. The predicted octanol–water partition coefficient (Wildman–Crippen LogP) is 4.18. The Kier molecular flexibility index (Phi) is 4.19. The Morgan fingerprint density at radius 1 is 0.889 bits per heavy atom. The Balaban J connectivity index is 2.59. The van der Waals surface area contributed by atoms with E-state index in [1.54, 1.807) is 0 Å². The van der Waals surface area contributed by atoms with Crippen LogP contribution in [0.3, 0.4) is 0 Å². The molecule has 0 aliphatic heterocycles. The van der Waals surface area contributed by atoms with Crippen molar-refractivity contribution in [2.75, 3.05) is 0 Å². The summed E-state index contributed by atoms with van der Waals surface area (Å²) in [4.78, 5) is 12.1. The van der Waals surface area contributed by atoms with E-state index in [1.165, 1.54) is 0 Å². The fourth-order valence-corrected chi connectivity index (χ4v) is 2.86. The molecule has 0 heterocycles. The highest BCUT2D eigenvalue weighted by Crippen LogP contribution is 2.40. The molecule has 0 radical (unpaired) electrons. The molecule has 0 fully saturated rings. The molecule has 0 aromatic heterocycles. The number of hydrogen-bond donors (Lipinski definition) is 0. The summed E-state index contributed by atoms with van der Waals surface area (Å²) in [6.07, 6.45) is 0. The van der Waals surface area contributed by atoms with Crippen molar-refractivity contribution in [2.45, 2.75) is 4.32 Å². The van der Waals surface area contributed by atoms with Gasteiger partial charge in [-0.2, -0.15) is 0 Å². The van der Waals surface area contributed by atoms with E-state index in [4.69, 9.17) is 3.83 Å². The number of rotatable bonds is 3. The lowest BCUT2D eigenvalue weighted by Gasteiger charge is -2.24. The van der Waals surface area contributed by atoms with Gasteiger partial charge in [-0.25, -0.2) is 4.79 Å². The van der Waals surface area contributed by atoms with Crippen molar-refractivity contribution in [2.24, 2.45) is 0 Å². The monoisotopic (exact) mass is 368 g/mol. The zero-order valence-corrected chi connectivity index (χ0v) is 12.5. The van der Waals surface area contributed by atoms with Crippen molar-refractivity contribution in [3.8, 4) is 0 Å². The zero-order chi connectivity index (χ0) is 13.0. The lowest BCUT2D eigenvalue weighted by molar-refractivity contribution is -0.133. The molecule has 0 aliphatic carbocycles. The van der Waals surface area contributed by atoms with E-state index in [1.807, 2.05) is 60.7 Å². The fraction of sp³-hybridized carbons (Fsp3) is 0.0714. The molecule has 4 heteroatoms. The second-order valence-electron chi connectivity index (χ2n) is 3.76. The Bertz CT molecular complexity index is 487. The summed E-state index contributed by atoms with van der Waals surface area (Å²) in [5.74, 6) is -0.417. The van der Waals surface area contributed by atoms with Crippen LogP contribution < -0.4 is 0 Å². The normalized spacial score (nSPS) is 11.0. The maximum Gasteiger partial charge on any atom is 0.343 e. The van der Waals surface area contributed by atoms with Crippen LogP contribution in [0, 0.1) is 0 Å². The molecule has 0 N–H and O–H groups in total. The first-order chi connectivity index (χ1) is 8.69. The van der Waals surface area contributed by atoms with Crippen LogP contribution in [0.5, 0.6) is 0 Å².